The van der Waals surface area contributed by atoms with Gasteiger partial charge in [-0.2, -0.15) is 8.78 Å². The number of hydrogen-bond donors (Lipinski definition) is 0. The van der Waals surface area contributed by atoms with E-state index in [4.69, 9.17) is 4.52 Å². The van der Waals surface area contributed by atoms with Gasteiger partial charge in [0.25, 0.3) is 0 Å². The summed E-state index contributed by atoms with van der Waals surface area (Å²) in [4.78, 5) is 0. The number of halogens is 2. The topological polar surface area (TPSA) is 48.1 Å². The summed E-state index contributed by atoms with van der Waals surface area (Å²) < 4.78 is 51.6. The Hall–Kier alpha value is -0.0300. The molecule has 1 saturated heterocycles. The van der Waals surface area contributed by atoms with Crippen LogP contribution in [0.2, 0.25) is 0 Å². The first kappa shape index (κ1) is 13.0. The second-order valence-corrected chi connectivity index (χ2v) is 5.53. The van der Waals surface area contributed by atoms with Crippen molar-refractivity contribution in [2.45, 2.75) is 32.5 Å². The molecule has 0 radical (unpaired) electrons. The second kappa shape index (κ2) is 4.87. The fourth-order valence-electron chi connectivity index (χ4n) is 1.07. The van der Waals surface area contributed by atoms with Crippen LogP contribution in [0.25, 0.3) is 0 Å². The van der Waals surface area contributed by atoms with Crippen LogP contribution in [0.15, 0.2) is 0 Å². The second-order valence-electron chi connectivity index (χ2n) is 3.23. The van der Waals surface area contributed by atoms with E-state index in [2.05, 4.69) is 9.26 Å². The molecule has 0 amide bonds. The Morgan fingerprint density at radius 3 is 2.53 bits per heavy atom. The van der Waals surface area contributed by atoms with E-state index in [0.29, 0.717) is 6.61 Å². The van der Waals surface area contributed by atoms with E-state index in [-0.39, 0.29) is 12.8 Å². The van der Waals surface area contributed by atoms with Gasteiger partial charge >= 0.3 is 13.7 Å². The predicted molar refractivity (Wildman–Crippen MR) is 50.2 cm³/mol. The minimum atomic E-state index is -3.66. The summed E-state index contributed by atoms with van der Waals surface area (Å²) in [6, 6.07) is 0. The van der Waals surface area contributed by atoms with E-state index < -0.39 is 26.2 Å². The van der Waals surface area contributed by atoms with Crippen LogP contribution in [0.1, 0.15) is 20.3 Å². The Morgan fingerprint density at radius 1 is 1.53 bits per heavy atom. The molecule has 1 heterocycles. The molecular formula is C8H15F2O4P. The summed E-state index contributed by atoms with van der Waals surface area (Å²) >= 11 is 0. The van der Waals surface area contributed by atoms with Crippen molar-refractivity contribution in [3.63, 3.8) is 0 Å². The Bertz CT molecular complexity index is 255. The van der Waals surface area contributed by atoms with Crippen LogP contribution < -0.4 is 0 Å². The van der Waals surface area contributed by atoms with E-state index in [1.54, 1.807) is 6.92 Å². The van der Waals surface area contributed by atoms with Crippen LogP contribution in [0.4, 0.5) is 8.78 Å². The normalized spacial score (nSPS) is 24.9. The van der Waals surface area contributed by atoms with Gasteiger partial charge in [-0.25, -0.2) is 4.52 Å². The average molecular weight is 244 g/mol. The molecule has 0 aromatic rings. The lowest BCUT2D eigenvalue weighted by Gasteiger charge is -2.22. The van der Waals surface area contributed by atoms with E-state index in [1.807, 2.05) is 0 Å². The highest BCUT2D eigenvalue weighted by molar-refractivity contribution is 7.53. The molecule has 90 valence electrons. The maximum absolute atomic E-state index is 13.2. The molecule has 0 aromatic heterocycles. The first-order valence-electron chi connectivity index (χ1n) is 4.84. The molecule has 0 aromatic carbocycles. The third-order valence-electron chi connectivity index (χ3n) is 1.85. The molecule has 4 nitrogen and oxygen atoms in total. The highest BCUT2D eigenvalue weighted by Gasteiger charge is 2.44. The standard InChI is InChI=1S/C8H15F2O4P/c1-3-13-15(11,4-2)14-8(9,10)5-7-6-12-7/h7H,3-6H2,1-2H3. The van der Waals surface area contributed by atoms with Crippen LogP contribution in [-0.4, -0.2) is 31.6 Å². The van der Waals surface area contributed by atoms with Gasteiger partial charge in [0.2, 0.25) is 0 Å². The third-order valence-corrected chi connectivity index (χ3v) is 3.82. The molecule has 1 aliphatic heterocycles. The molecule has 7 heteroatoms. The van der Waals surface area contributed by atoms with Gasteiger partial charge in [-0.15, -0.1) is 0 Å². The lowest BCUT2D eigenvalue weighted by Crippen LogP contribution is -2.22. The first-order valence-corrected chi connectivity index (χ1v) is 6.57. The van der Waals surface area contributed by atoms with Crippen LogP contribution in [0.3, 0.4) is 0 Å². The summed E-state index contributed by atoms with van der Waals surface area (Å²) in [7, 11) is -3.66. The Kier molecular flexibility index (Phi) is 4.23. The molecule has 0 bridgehead atoms. The summed E-state index contributed by atoms with van der Waals surface area (Å²) in [5, 5.41) is 0. The van der Waals surface area contributed by atoms with E-state index >= 15 is 0 Å². The molecule has 1 aliphatic rings. The van der Waals surface area contributed by atoms with Crippen molar-refractivity contribution in [2.24, 2.45) is 0 Å². The van der Waals surface area contributed by atoms with Gasteiger partial charge < -0.3 is 9.26 Å². The summed E-state index contributed by atoms with van der Waals surface area (Å²) in [5.74, 6) is 0. The van der Waals surface area contributed by atoms with Gasteiger partial charge in [0, 0.05) is 6.16 Å². The van der Waals surface area contributed by atoms with Crippen LogP contribution >= 0.6 is 7.60 Å². The predicted octanol–water partition coefficient (Wildman–Crippen LogP) is 2.63. The molecule has 15 heavy (non-hydrogen) atoms. The molecule has 0 N–H and O–H groups in total. The summed E-state index contributed by atoms with van der Waals surface area (Å²) in [5.41, 5.74) is 0. The first-order chi connectivity index (χ1) is 6.91. The highest BCUT2D eigenvalue weighted by atomic mass is 31.2. The zero-order valence-corrected chi connectivity index (χ0v) is 9.64. The highest BCUT2D eigenvalue weighted by Crippen LogP contribution is 2.53. The van der Waals surface area contributed by atoms with E-state index in [9.17, 15) is 13.3 Å². The van der Waals surface area contributed by atoms with Gasteiger partial charge in [-0.1, -0.05) is 6.92 Å². The minimum absolute atomic E-state index is 0.0675. The van der Waals surface area contributed by atoms with Crippen molar-refractivity contribution in [2.75, 3.05) is 19.4 Å². The molecule has 0 spiro atoms. The SMILES string of the molecule is CCOP(=O)(CC)OC(F)(F)CC1CO1. The van der Waals surface area contributed by atoms with Gasteiger partial charge in [-0.05, 0) is 6.92 Å². The Labute approximate surface area is 87.4 Å². The fraction of sp³-hybridized carbons (Fsp3) is 1.00. The van der Waals surface area contributed by atoms with Crippen molar-refractivity contribution in [3.05, 3.63) is 0 Å². The van der Waals surface area contributed by atoms with Gasteiger partial charge in [-0.3, -0.25) is 4.57 Å². The smallest absolute Gasteiger partial charge is 0.365 e. The summed E-state index contributed by atoms with van der Waals surface area (Å²) in [6.07, 6.45) is -4.56. The van der Waals surface area contributed by atoms with Crippen molar-refractivity contribution in [3.8, 4) is 0 Å². The number of alkyl halides is 2. The van der Waals surface area contributed by atoms with Gasteiger partial charge in [0.05, 0.1) is 25.7 Å². The van der Waals surface area contributed by atoms with Crippen molar-refractivity contribution >= 4 is 7.60 Å². The number of ether oxygens (including phenoxy) is 1. The molecule has 1 rings (SSSR count). The van der Waals surface area contributed by atoms with Gasteiger partial charge in [0.15, 0.2) is 0 Å². The van der Waals surface area contributed by atoms with Crippen LogP contribution in [0, 0.1) is 0 Å². The zero-order valence-electron chi connectivity index (χ0n) is 8.74. The largest absolute Gasteiger partial charge is 0.373 e. The lowest BCUT2D eigenvalue weighted by molar-refractivity contribution is -0.188. The summed E-state index contributed by atoms with van der Waals surface area (Å²) in [6.45, 7) is 3.46. The molecular weight excluding hydrogens is 229 g/mol. The maximum Gasteiger partial charge on any atom is 0.365 e. The van der Waals surface area contributed by atoms with Crippen LogP contribution in [-0.2, 0) is 18.3 Å². The Morgan fingerprint density at radius 2 is 2.13 bits per heavy atom. The third kappa shape index (κ3) is 4.55. The number of epoxide rings is 1. The lowest BCUT2D eigenvalue weighted by atomic mass is 10.3. The molecule has 2 atom stereocenters. The monoisotopic (exact) mass is 244 g/mol. The van der Waals surface area contributed by atoms with Crippen molar-refractivity contribution in [1.82, 2.24) is 0 Å². The quantitative estimate of drug-likeness (QED) is 0.510. The van der Waals surface area contributed by atoms with Crippen LogP contribution in [0.5, 0.6) is 0 Å². The average Bonchev–Trinajstić information content (AvgIpc) is 2.86. The van der Waals surface area contributed by atoms with Crippen molar-refractivity contribution < 1.29 is 27.1 Å². The van der Waals surface area contributed by atoms with E-state index in [0.717, 1.165) is 0 Å². The van der Waals surface area contributed by atoms with Crippen molar-refractivity contribution in [1.29, 1.82) is 0 Å². The number of hydrogen-bond acceptors (Lipinski definition) is 4. The number of rotatable bonds is 7. The molecule has 0 aliphatic carbocycles. The minimum Gasteiger partial charge on any atom is -0.373 e. The molecule has 0 saturated carbocycles. The Balaban J connectivity index is 2.51. The molecule has 2 unspecified atom stereocenters. The molecule has 1 fully saturated rings. The maximum atomic E-state index is 13.2. The van der Waals surface area contributed by atoms with Gasteiger partial charge in [0.1, 0.15) is 0 Å². The zero-order chi connectivity index (χ0) is 11.5. The van der Waals surface area contributed by atoms with E-state index in [1.165, 1.54) is 6.92 Å². The fourth-order valence-corrected chi connectivity index (χ4v) is 2.31.